The third-order valence-electron chi connectivity index (χ3n) is 4.00. The molecule has 2 rings (SSSR count). The maximum Gasteiger partial charge on any atom is 0.0624 e. The van der Waals surface area contributed by atoms with Gasteiger partial charge in [-0.1, -0.05) is 26.0 Å². The first kappa shape index (κ1) is 14.4. The summed E-state index contributed by atoms with van der Waals surface area (Å²) in [6.07, 6.45) is 3.92. The SMILES string of the molecule is CC(C)c1cc([C@H](N)CO)ccc1N1CCCCC1. The van der Waals surface area contributed by atoms with E-state index in [2.05, 4.69) is 36.9 Å². The van der Waals surface area contributed by atoms with Crippen molar-refractivity contribution in [3.63, 3.8) is 0 Å². The molecule has 1 heterocycles. The first-order chi connectivity index (χ1) is 9.13. The molecule has 3 nitrogen and oxygen atoms in total. The minimum Gasteiger partial charge on any atom is -0.394 e. The van der Waals surface area contributed by atoms with Crippen molar-refractivity contribution in [1.29, 1.82) is 0 Å². The Balaban J connectivity index is 2.31. The average Bonchev–Trinajstić information content (AvgIpc) is 2.46. The molecule has 1 aliphatic rings. The Morgan fingerprint density at radius 2 is 1.89 bits per heavy atom. The van der Waals surface area contributed by atoms with Crippen LogP contribution in [0.2, 0.25) is 0 Å². The van der Waals surface area contributed by atoms with E-state index in [0.717, 1.165) is 18.7 Å². The van der Waals surface area contributed by atoms with Crippen LogP contribution in [0.3, 0.4) is 0 Å². The van der Waals surface area contributed by atoms with Crippen molar-refractivity contribution in [2.24, 2.45) is 5.73 Å². The van der Waals surface area contributed by atoms with Crippen molar-refractivity contribution < 1.29 is 5.11 Å². The Labute approximate surface area is 116 Å². The van der Waals surface area contributed by atoms with Gasteiger partial charge in [-0.15, -0.1) is 0 Å². The van der Waals surface area contributed by atoms with Crippen molar-refractivity contribution in [2.75, 3.05) is 24.6 Å². The van der Waals surface area contributed by atoms with Crippen LogP contribution in [0.1, 0.15) is 56.2 Å². The molecule has 0 radical (unpaired) electrons. The van der Waals surface area contributed by atoms with Crippen molar-refractivity contribution >= 4 is 5.69 Å². The van der Waals surface area contributed by atoms with Gasteiger partial charge in [-0.05, 0) is 42.4 Å². The maximum atomic E-state index is 9.20. The lowest BCUT2D eigenvalue weighted by molar-refractivity contribution is 0.268. The van der Waals surface area contributed by atoms with Crippen LogP contribution in [0.5, 0.6) is 0 Å². The summed E-state index contributed by atoms with van der Waals surface area (Å²) in [5.41, 5.74) is 9.66. The van der Waals surface area contributed by atoms with Gasteiger partial charge >= 0.3 is 0 Å². The zero-order valence-electron chi connectivity index (χ0n) is 12.1. The number of anilines is 1. The van der Waals surface area contributed by atoms with E-state index in [-0.39, 0.29) is 12.6 Å². The van der Waals surface area contributed by atoms with Crippen LogP contribution in [-0.2, 0) is 0 Å². The molecule has 1 atom stereocenters. The Kier molecular flexibility index (Phi) is 4.83. The Morgan fingerprint density at radius 1 is 1.21 bits per heavy atom. The highest BCUT2D eigenvalue weighted by Crippen LogP contribution is 2.31. The van der Waals surface area contributed by atoms with Crippen LogP contribution in [0.15, 0.2) is 18.2 Å². The number of piperidine rings is 1. The fourth-order valence-electron chi connectivity index (χ4n) is 2.79. The quantitative estimate of drug-likeness (QED) is 0.877. The number of hydrogen-bond acceptors (Lipinski definition) is 3. The van der Waals surface area contributed by atoms with Gasteiger partial charge in [0, 0.05) is 18.8 Å². The molecule has 0 spiro atoms. The van der Waals surface area contributed by atoms with Gasteiger partial charge in [0.15, 0.2) is 0 Å². The van der Waals surface area contributed by atoms with Crippen LogP contribution in [0.4, 0.5) is 5.69 Å². The number of aliphatic hydroxyl groups is 1. The molecule has 0 unspecified atom stereocenters. The van der Waals surface area contributed by atoms with Crippen LogP contribution < -0.4 is 10.6 Å². The normalized spacial score (nSPS) is 17.8. The van der Waals surface area contributed by atoms with Gasteiger partial charge in [-0.2, -0.15) is 0 Å². The van der Waals surface area contributed by atoms with Gasteiger partial charge < -0.3 is 15.7 Å². The summed E-state index contributed by atoms with van der Waals surface area (Å²) in [4.78, 5) is 2.49. The highest BCUT2D eigenvalue weighted by atomic mass is 16.3. The second kappa shape index (κ2) is 6.40. The lowest BCUT2D eigenvalue weighted by atomic mass is 9.94. The van der Waals surface area contributed by atoms with Crippen LogP contribution in [0, 0.1) is 0 Å². The van der Waals surface area contributed by atoms with Gasteiger partial charge in [-0.3, -0.25) is 0 Å². The van der Waals surface area contributed by atoms with E-state index in [0.29, 0.717) is 5.92 Å². The van der Waals surface area contributed by atoms with Crippen LogP contribution in [0.25, 0.3) is 0 Å². The molecular formula is C16H26N2O. The van der Waals surface area contributed by atoms with E-state index in [1.165, 1.54) is 30.5 Å². The topological polar surface area (TPSA) is 49.5 Å². The molecule has 1 fully saturated rings. The predicted molar refractivity (Wildman–Crippen MR) is 80.6 cm³/mol. The molecule has 0 aliphatic carbocycles. The summed E-state index contributed by atoms with van der Waals surface area (Å²) in [5, 5.41) is 9.20. The van der Waals surface area contributed by atoms with Crippen LogP contribution in [-0.4, -0.2) is 24.8 Å². The first-order valence-corrected chi connectivity index (χ1v) is 7.38. The number of nitrogens with zero attached hydrogens (tertiary/aromatic N) is 1. The zero-order valence-corrected chi connectivity index (χ0v) is 12.1. The fraction of sp³-hybridized carbons (Fsp3) is 0.625. The van der Waals surface area contributed by atoms with E-state index in [9.17, 15) is 5.11 Å². The van der Waals surface area contributed by atoms with Crippen molar-refractivity contribution in [3.8, 4) is 0 Å². The summed E-state index contributed by atoms with van der Waals surface area (Å²) in [7, 11) is 0. The molecule has 1 aliphatic heterocycles. The third-order valence-corrected chi connectivity index (χ3v) is 4.00. The van der Waals surface area contributed by atoms with E-state index < -0.39 is 0 Å². The summed E-state index contributed by atoms with van der Waals surface area (Å²) in [6, 6.07) is 6.16. The van der Waals surface area contributed by atoms with E-state index in [1.54, 1.807) is 0 Å². The zero-order chi connectivity index (χ0) is 13.8. The average molecular weight is 262 g/mol. The largest absolute Gasteiger partial charge is 0.394 e. The molecule has 1 aromatic rings. The highest BCUT2D eigenvalue weighted by molar-refractivity contribution is 5.57. The Hall–Kier alpha value is -1.06. The van der Waals surface area contributed by atoms with Crippen molar-refractivity contribution in [2.45, 2.75) is 45.1 Å². The van der Waals surface area contributed by atoms with Crippen LogP contribution >= 0.6 is 0 Å². The molecule has 0 amide bonds. The van der Waals surface area contributed by atoms with Gasteiger partial charge in [0.2, 0.25) is 0 Å². The molecule has 0 bridgehead atoms. The minimum atomic E-state index is -0.270. The first-order valence-electron chi connectivity index (χ1n) is 7.38. The summed E-state index contributed by atoms with van der Waals surface area (Å²) < 4.78 is 0. The van der Waals surface area contributed by atoms with Gasteiger partial charge in [0.05, 0.1) is 12.6 Å². The van der Waals surface area contributed by atoms with Gasteiger partial charge in [0.25, 0.3) is 0 Å². The van der Waals surface area contributed by atoms with E-state index in [1.807, 2.05) is 0 Å². The van der Waals surface area contributed by atoms with Crippen molar-refractivity contribution in [3.05, 3.63) is 29.3 Å². The number of aliphatic hydroxyl groups excluding tert-OH is 1. The van der Waals surface area contributed by atoms with Gasteiger partial charge in [-0.25, -0.2) is 0 Å². The Bertz CT molecular complexity index is 411. The second-order valence-electron chi connectivity index (χ2n) is 5.81. The summed E-state index contributed by atoms with van der Waals surface area (Å²) in [5.74, 6) is 0.475. The smallest absolute Gasteiger partial charge is 0.0624 e. The molecule has 1 saturated heterocycles. The number of nitrogens with two attached hydrogens (primary N) is 1. The molecule has 0 aromatic heterocycles. The second-order valence-corrected chi connectivity index (χ2v) is 5.81. The molecule has 19 heavy (non-hydrogen) atoms. The minimum absolute atomic E-state index is 0.000591. The lowest BCUT2D eigenvalue weighted by Gasteiger charge is -2.32. The fourth-order valence-corrected chi connectivity index (χ4v) is 2.79. The summed E-state index contributed by atoms with van der Waals surface area (Å²) >= 11 is 0. The Morgan fingerprint density at radius 3 is 2.47 bits per heavy atom. The molecule has 3 N–H and O–H groups in total. The number of hydrogen-bond donors (Lipinski definition) is 2. The predicted octanol–water partition coefficient (Wildman–Crippen LogP) is 2.79. The van der Waals surface area contributed by atoms with Crippen molar-refractivity contribution in [1.82, 2.24) is 0 Å². The molecular weight excluding hydrogens is 236 g/mol. The maximum absolute atomic E-state index is 9.20. The van der Waals surface area contributed by atoms with E-state index in [4.69, 9.17) is 5.73 Å². The molecule has 0 saturated carbocycles. The molecule has 3 heteroatoms. The lowest BCUT2D eigenvalue weighted by Crippen LogP contribution is -2.30. The number of rotatable bonds is 4. The number of benzene rings is 1. The highest BCUT2D eigenvalue weighted by Gasteiger charge is 2.17. The summed E-state index contributed by atoms with van der Waals surface area (Å²) in [6.45, 7) is 6.75. The molecule has 106 valence electrons. The third kappa shape index (κ3) is 3.28. The van der Waals surface area contributed by atoms with Gasteiger partial charge in [0.1, 0.15) is 0 Å². The standard InChI is InChI=1S/C16H26N2O/c1-12(2)14-10-13(15(17)11-19)6-7-16(14)18-8-4-3-5-9-18/h6-7,10,12,15,19H,3-5,8-9,11,17H2,1-2H3/t15-/m1/s1. The molecule has 1 aromatic carbocycles. The van der Waals surface area contributed by atoms with E-state index >= 15 is 0 Å². The monoisotopic (exact) mass is 262 g/mol.